The largest absolute Gasteiger partial charge is 0.417 e. The summed E-state index contributed by atoms with van der Waals surface area (Å²) in [6, 6.07) is -0.320. The lowest BCUT2D eigenvalue weighted by atomic mass is 9.73. The third kappa shape index (κ3) is 4.52. The van der Waals surface area contributed by atoms with E-state index < -0.39 is 24.6 Å². The van der Waals surface area contributed by atoms with Gasteiger partial charge in [0.25, 0.3) is 0 Å². The standard InChI is InChI=1S/C16H27F3N2O2/c1-14(2)5-3-12(4-6-14)11-20-13(22)21-9-7-15(23,8-10-21)16(17,18)19/h12,23H,3-11H2,1-2H3,(H,20,22). The van der Waals surface area contributed by atoms with Crippen LogP contribution in [0.4, 0.5) is 18.0 Å². The molecule has 2 fully saturated rings. The molecule has 0 aromatic rings. The number of rotatable bonds is 2. The number of hydrogen-bond donors (Lipinski definition) is 2. The average molecular weight is 336 g/mol. The van der Waals surface area contributed by atoms with Crippen molar-refractivity contribution in [3.8, 4) is 0 Å². The number of nitrogens with zero attached hydrogens (tertiary/aromatic N) is 1. The van der Waals surface area contributed by atoms with Crippen LogP contribution in [0.15, 0.2) is 0 Å². The first-order chi connectivity index (χ1) is 10.5. The summed E-state index contributed by atoms with van der Waals surface area (Å²) in [5.41, 5.74) is -2.28. The van der Waals surface area contributed by atoms with E-state index in [2.05, 4.69) is 19.2 Å². The second kappa shape index (κ2) is 6.49. The van der Waals surface area contributed by atoms with Gasteiger partial charge in [-0.1, -0.05) is 13.8 Å². The van der Waals surface area contributed by atoms with Crippen molar-refractivity contribution in [1.29, 1.82) is 0 Å². The summed E-state index contributed by atoms with van der Waals surface area (Å²) < 4.78 is 38.2. The molecule has 7 heteroatoms. The molecule has 2 rings (SSSR count). The summed E-state index contributed by atoms with van der Waals surface area (Å²) in [5, 5.41) is 12.4. The Morgan fingerprint density at radius 1 is 1.17 bits per heavy atom. The first-order valence-electron chi connectivity index (χ1n) is 8.34. The Morgan fingerprint density at radius 2 is 1.70 bits per heavy atom. The lowest BCUT2D eigenvalue weighted by Gasteiger charge is -2.39. The van der Waals surface area contributed by atoms with Gasteiger partial charge in [0.2, 0.25) is 0 Å². The molecule has 2 aliphatic rings. The molecule has 4 nitrogen and oxygen atoms in total. The van der Waals surface area contributed by atoms with Gasteiger partial charge >= 0.3 is 12.2 Å². The van der Waals surface area contributed by atoms with Crippen molar-refractivity contribution in [1.82, 2.24) is 10.2 Å². The zero-order chi connectivity index (χ0) is 17.3. The van der Waals surface area contributed by atoms with Crippen LogP contribution in [-0.4, -0.2) is 47.4 Å². The predicted molar refractivity (Wildman–Crippen MR) is 80.9 cm³/mol. The molecule has 0 atom stereocenters. The van der Waals surface area contributed by atoms with Crippen LogP contribution in [0.2, 0.25) is 0 Å². The third-order valence-corrected chi connectivity index (χ3v) is 5.41. The molecule has 1 aliphatic carbocycles. The number of piperidine rings is 1. The van der Waals surface area contributed by atoms with Gasteiger partial charge in [-0.15, -0.1) is 0 Å². The summed E-state index contributed by atoms with van der Waals surface area (Å²) in [6.45, 7) is 4.93. The van der Waals surface area contributed by atoms with Gasteiger partial charge in [-0.25, -0.2) is 4.79 Å². The smallest absolute Gasteiger partial charge is 0.380 e. The summed E-state index contributed by atoms with van der Waals surface area (Å²) >= 11 is 0. The number of likely N-dealkylation sites (tertiary alicyclic amines) is 1. The average Bonchev–Trinajstić information content (AvgIpc) is 2.45. The van der Waals surface area contributed by atoms with Crippen molar-refractivity contribution in [3.63, 3.8) is 0 Å². The van der Waals surface area contributed by atoms with Crippen LogP contribution < -0.4 is 5.32 Å². The molecule has 134 valence electrons. The molecule has 0 radical (unpaired) electrons. The van der Waals surface area contributed by atoms with Crippen molar-refractivity contribution >= 4 is 6.03 Å². The van der Waals surface area contributed by atoms with E-state index in [-0.39, 0.29) is 19.1 Å². The normalized spacial score (nSPS) is 25.2. The van der Waals surface area contributed by atoms with E-state index in [9.17, 15) is 23.1 Å². The second-order valence-corrected chi connectivity index (χ2v) is 7.81. The van der Waals surface area contributed by atoms with Crippen molar-refractivity contribution in [2.45, 2.75) is 64.1 Å². The van der Waals surface area contributed by atoms with Crippen LogP contribution in [-0.2, 0) is 0 Å². The monoisotopic (exact) mass is 336 g/mol. The Balaban J connectivity index is 1.74. The molecule has 1 heterocycles. The Morgan fingerprint density at radius 3 is 2.17 bits per heavy atom. The van der Waals surface area contributed by atoms with E-state index in [0.29, 0.717) is 17.9 Å². The fourth-order valence-corrected chi connectivity index (χ4v) is 3.37. The first kappa shape index (κ1) is 18.4. The highest BCUT2D eigenvalue weighted by Gasteiger charge is 2.54. The molecule has 1 aliphatic heterocycles. The molecule has 23 heavy (non-hydrogen) atoms. The summed E-state index contributed by atoms with van der Waals surface area (Å²) in [7, 11) is 0. The van der Waals surface area contributed by atoms with Gasteiger partial charge in [0.15, 0.2) is 5.60 Å². The minimum absolute atomic E-state index is 0.0699. The van der Waals surface area contributed by atoms with Gasteiger partial charge < -0.3 is 15.3 Å². The second-order valence-electron chi connectivity index (χ2n) is 7.81. The molecule has 2 N–H and O–H groups in total. The van der Waals surface area contributed by atoms with Crippen LogP contribution in [0.5, 0.6) is 0 Å². The molecule has 0 bridgehead atoms. The van der Waals surface area contributed by atoms with E-state index >= 15 is 0 Å². The van der Waals surface area contributed by atoms with Crippen molar-refractivity contribution in [2.24, 2.45) is 11.3 Å². The van der Waals surface area contributed by atoms with Crippen LogP contribution in [0.3, 0.4) is 0 Å². The molecule has 1 saturated heterocycles. The molecule has 0 aromatic carbocycles. The Bertz CT molecular complexity index is 420. The highest BCUT2D eigenvalue weighted by molar-refractivity contribution is 5.74. The summed E-state index contributed by atoms with van der Waals surface area (Å²) in [6.07, 6.45) is -1.14. The van der Waals surface area contributed by atoms with Crippen LogP contribution in [0.25, 0.3) is 0 Å². The van der Waals surface area contributed by atoms with Crippen molar-refractivity contribution in [2.75, 3.05) is 19.6 Å². The predicted octanol–water partition coefficient (Wildman–Crippen LogP) is 3.30. The van der Waals surface area contributed by atoms with E-state index in [1.165, 1.54) is 4.90 Å². The number of alkyl halides is 3. The Labute approximate surface area is 135 Å². The number of aliphatic hydroxyl groups is 1. The van der Waals surface area contributed by atoms with Crippen molar-refractivity contribution in [3.05, 3.63) is 0 Å². The summed E-state index contributed by atoms with van der Waals surface area (Å²) in [5.74, 6) is 0.448. The third-order valence-electron chi connectivity index (χ3n) is 5.41. The number of carbonyl (C=O) groups is 1. The zero-order valence-corrected chi connectivity index (χ0v) is 13.9. The molecule has 0 aromatic heterocycles. The zero-order valence-electron chi connectivity index (χ0n) is 13.9. The number of carbonyl (C=O) groups excluding carboxylic acids is 1. The topological polar surface area (TPSA) is 52.6 Å². The number of nitrogens with one attached hydrogen (secondary N) is 1. The minimum Gasteiger partial charge on any atom is -0.380 e. The van der Waals surface area contributed by atoms with Gasteiger partial charge in [-0.05, 0) is 37.0 Å². The Kier molecular flexibility index (Phi) is 5.18. The summed E-state index contributed by atoms with van der Waals surface area (Å²) in [4.78, 5) is 13.4. The molecule has 1 saturated carbocycles. The lowest BCUT2D eigenvalue weighted by molar-refractivity contribution is -0.271. The maximum atomic E-state index is 12.7. The molecular formula is C16H27F3N2O2. The van der Waals surface area contributed by atoms with Gasteiger partial charge in [0.1, 0.15) is 0 Å². The van der Waals surface area contributed by atoms with Crippen LogP contribution in [0, 0.1) is 11.3 Å². The number of urea groups is 1. The van der Waals surface area contributed by atoms with E-state index in [0.717, 1.165) is 25.7 Å². The van der Waals surface area contributed by atoms with Crippen LogP contribution >= 0.6 is 0 Å². The van der Waals surface area contributed by atoms with Gasteiger partial charge in [0.05, 0.1) is 0 Å². The van der Waals surface area contributed by atoms with E-state index in [1.807, 2.05) is 0 Å². The highest BCUT2D eigenvalue weighted by Crippen LogP contribution is 2.39. The van der Waals surface area contributed by atoms with E-state index in [4.69, 9.17) is 0 Å². The molecular weight excluding hydrogens is 309 g/mol. The van der Waals surface area contributed by atoms with Gasteiger partial charge in [0, 0.05) is 32.5 Å². The fourth-order valence-electron chi connectivity index (χ4n) is 3.37. The minimum atomic E-state index is -4.63. The quantitative estimate of drug-likeness (QED) is 0.813. The van der Waals surface area contributed by atoms with Crippen LogP contribution in [0.1, 0.15) is 52.4 Å². The SMILES string of the molecule is CC1(C)CCC(CNC(=O)N2CCC(O)(C(F)(F)F)CC2)CC1. The number of hydrogen-bond acceptors (Lipinski definition) is 2. The van der Waals surface area contributed by atoms with E-state index in [1.54, 1.807) is 0 Å². The molecule has 0 unspecified atom stereocenters. The Hall–Kier alpha value is -0.980. The maximum absolute atomic E-state index is 12.7. The fraction of sp³-hybridized carbons (Fsp3) is 0.938. The lowest BCUT2D eigenvalue weighted by Crippen LogP contribution is -2.56. The molecule has 2 amide bonds. The van der Waals surface area contributed by atoms with Gasteiger partial charge in [-0.3, -0.25) is 0 Å². The number of halogens is 3. The van der Waals surface area contributed by atoms with Crippen molar-refractivity contribution < 1.29 is 23.1 Å². The number of amides is 2. The molecule has 0 spiro atoms. The van der Waals surface area contributed by atoms with Gasteiger partial charge in [-0.2, -0.15) is 13.2 Å². The first-order valence-corrected chi connectivity index (χ1v) is 8.34. The maximum Gasteiger partial charge on any atom is 0.417 e. The highest BCUT2D eigenvalue weighted by atomic mass is 19.4.